The molecule has 0 saturated carbocycles. The predicted molar refractivity (Wildman–Crippen MR) is 51.4 cm³/mol. The van der Waals surface area contributed by atoms with Gasteiger partial charge in [0.15, 0.2) is 0 Å². The third-order valence-electron chi connectivity index (χ3n) is 1.83. The lowest BCUT2D eigenvalue weighted by Crippen LogP contribution is -2.25. The van der Waals surface area contributed by atoms with E-state index in [0.29, 0.717) is 6.10 Å². The SMILES string of the molecule is CCOC(C)CC(C)(C)COC. The Balaban J connectivity index is 3.70. The van der Waals surface area contributed by atoms with Crippen LogP contribution in [0.4, 0.5) is 0 Å². The average molecular weight is 174 g/mol. The van der Waals surface area contributed by atoms with Gasteiger partial charge >= 0.3 is 0 Å². The first-order valence-electron chi connectivity index (χ1n) is 4.62. The van der Waals surface area contributed by atoms with Crippen molar-refractivity contribution in [3.05, 3.63) is 0 Å². The third kappa shape index (κ3) is 5.56. The Morgan fingerprint density at radius 3 is 2.33 bits per heavy atom. The van der Waals surface area contributed by atoms with Crippen LogP contribution in [0.15, 0.2) is 0 Å². The van der Waals surface area contributed by atoms with Crippen LogP contribution >= 0.6 is 0 Å². The summed E-state index contributed by atoms with van der Waals surface area (Å²) >= 11 is 0. The van der Waals surface area contributed by atoms with Crippen LogP contribution in [0.5, 0.6) is 0 Å². The zero-order valence-electron chi connectivity index (χ0n) is 9.02. The molecule has 0 radical (unpaired) electrons. The second-order valence-electron chi connectivity index (χ2n) is 4.07. The number of hydrogen-bond donors (Lipinski definition) is 0. The summed E-state index contributed by atoms with van der Waals surface area (Å²) in [6.45, 7) is 10.1. The number of ether oxygens (including phenoxy) is 2. The molecule has 0 aliphatic rings. The Hall–Kier alpha value is -0.0800. The van der Waals surface area contributed by atoms with Gasteiger partial charge in [-0.2, -0.15) is 0 Å². The van der Waals surface area contributed by atoms with Crippen molar-refractivity contribution < 1.29 is 9.47 Å². The standard InChI is InChI=1S/C10H22O2/c1-6-12-9(2)7-10(3,4)8-11-5/h9H,6-8H2,1-5H3. The minimum atomic E-state index is 0.226. The normalized spacial score (nSPS) is 14.8. The predicted octanol–water partition coefficient (Wildman–Crippen LogP) is 2.47. The van der Waals surface area contributed by atoms with Crippen molar-refractivity contribution in [2.24, 2.45) is 5.41 Å². The van der Waals surface area contributed by atoms with Crippen LogP contribution in [-0.4, -0.2) is 26.4 Å². The van der Waals surface area contributed by atoms with E-state index in [9.17, 15) is 0 Å². The third-order valence-corrected chi connectivity index (χ3v) is 1.83. The fraction of sp³-hybridized carbons (Fsp3) is 1.00. The highest BCUT2D eigenvalue weighted by molar-refractivity contribution is 4.71. The zero-order valence-corrected chi connectivity index (χ0v) is 9.02. The Kier molecular flexibility index (Phi) is 5.51. The molecule has 0 aromatic heterocycles. The molecule has 0 aromatic rings. The molecule has 0 saturated heterocycles. The summed E-state index contributed by atoms with van der Waals surface area (Å²) in [5.74, 6) is 0. The minimum Gasteiger partial charge on any atom is -0.384 e. The van der Waals surface area contributed by atoms with Gasteiger partial charge < -0.3 is 9.47 Å². The summed E-state index contributed by atoms with van der Waals surface area (Å²) in [6, 6.07) is 0. The summed E-state index contributed by atoms with van der Waals surface area (Å²) in [4.78, 5) is 0. The van der Waals surface area contributed by atoms with Gasteiger partial charge in [0.2, 0.25) is 0 Å². The molecule has 1 unspecified atom stereocenters. The molecule has 12 heavy (non-hydrogen) atoms. The van der Waals surface area contributed by atoms with Crippen molar-refractivity contribution in [3.8, 4) is 0 Å². The summed E-state index contributed by atoms with van der Waals surface area (Å²) in [5, 5.41) is 0. The van der Waals surface area contributed by atoms with Crippen LogP contribution in [-0.2, 0) is 9.47 Å². The first-order valence-corrected chi connectivity index (χ1v) is 4.62. The summed E-state index contributed by atoms with van der Waals surface area (Å²) in [6.07, 6.45) is 1.38. The van der Waals surface area contributed by atoms with Crippen LogP contribution in [0.3, 0.4) is 0 Å². The molecular weight excluding hydrogens is 152 g/mol. The van der Waals surface area contributed by atoms with E-state index in [1.165, 1.54) is 0 Å². The molecule has 1 atom stereocenters. The van der Waals surface area contributed by atoms with Crippen LogP contribution in [0.2, 0.25) is 0 Å². The monoisotopic (exact) mass is 174 g/mol. The summed E-state index contributed by atoms with van der Waals surface area (Å²) in [7, 11) is 1.74. The highest BCUT2D eigenvalue weighted by atomic mass is 16.5. The first-order chi connectivity index (χ1) is 5.52. The summed E-state index contributed by atoms with van der Waals surface area (Å²) in [5.41, 5.74) is 0.226. The lowest BCUT2D eigenvalue weighted by molar-refractivity contribution is 0.0159. The van der Waals surface area contributed by atoms with Crippen molar-refractivity contribution in [3.63, 3.8) is 0 Å². The van der Waals surface area contributed by atoms with Crippen LogP contribution in [0.1, 0.15) is 34.1 Å². The number of methoxy groups -OCH3 is 1. The Morgan fingerprint density at radius 1 is 1.33 bits per heavy atom. The van der Waals surface area contributed by atoms with E-state index in [1.807, 2.05) is 6.92 Å². The van der Waals surface area contributed by atoms with Crippen molar-refractivity contribution in [2.45, 2.75) is 40.2 Å². The van der Waals surface area contributed by atoms with Gasteiger partial charge in [0.05, 0.1) is 12.7 Å². The van der Waals surface area contributed by atoms with Crippen molar-refractivity contribution in [1.82, 2.24) is 0 Å². The van der Waals surface area contributed by atoms with E-state index in [1.54, 1.807) is 7.11 Å². The first kappa shape index (κ1) is 11.9. The molecule has 2 nitrogen and oxygen atoms in total. The smallest absolute Gasteiger partial charge is 0.0552 e. The quantitative estimate of drug-likeness (QED) is 0.616. The van der Waals surface area contributed by atoms with Gasteiger partial charge in [0, 0.05) is 13.7 Å². The zero-order chi connectivity index (χ0) is 9.61. The van der Waals surface area contributed by atoms with Crippen molar-refractivity contribution in [2.75, 3.05) is 20.3 Å². The second-order valence-corrected chi connectivity index (χ2v) is 4.07. The molecular formula is C10H22O2. The van der Waals surface area contributed by atoms with E-state index in [-0.39, 0.29) is 5.41 Å². The molecule has 0 spiro atoms. The maximum absolute atomic E-state index is 5.47. The second kappa shape index (κ2) is 5.55. The van der Waals surface area contributed by atoms with Crippen LogP contribution in [0, 0.1) is 5.41 Å². The van der Waals surface area contributed by atoms with E-state index in [4.69, 9.17) is 9.47 Å². The molecule has 0 N–H and O–H groups in total. The minimum absolute atomic E-state index is 0.226. The number of hydrogen-bond acceptors (Lipinski definition) is 2. The average Bonchev–Trinajstić information content (AvgIpc) is 1.85. The molecule has 0 aliphatic heterocycles. The van der Waals surface area contributed by atoms with Gasteiger partial charge in [-0.15, -0.1) is 0 Å². The lowest BCUT2D eigenvalue weighted by atomic mass is 9.88. The van der Waals surface area contributed by atoms with E-state index in [2.05, 4.69) is 20.8 Å². The highest BCUT2D eigenvalue weighted by Crippen LogP contribution is 2.23. The van der Waals surface area contributed by atoms with Crippen molar-refractivity contribution >= 4 is 0 Å². The molecule has 0 aromatic carbocycles. The van der Waals surface area contributed by atoms with Gasteiger partial charge in [0.1, 0.15) is 0 Å². The van der Waals surface area contributed by atoms with Crippen LogP contribution in [0.25, 0.3) is 0 Å². The topological polar surface area (TPSA) is 18.5 Å². The van der Waals surface area contributed by atoms with E-state index < -0.39 is 0 Å². The van der Waals surface area contributed by atoms with Gasteiger partial charge in [0.25, 0.3) is 0 Å². The maximum atomic E-state index is 5.47. The fourth-order valence-electron chi connectivity index (χ4n) is 1.57. The van der Waals surface area contributed by atoms with E-state index in [0.717, 1.165) is 19.6 Å². The van der Waals surface area contributed by atoms with Crippen LogP contribution < -0.4 is 0 Å². The van der Waals surface area contributed by atoms with Crippen molar-refractivity contribution in [1.29, 1.82) is 0 Å². The summed E-state index contributed by atoms with van der Waals surface area (Å²) < 4.78 is 10.6. The Labute approximate surface area is 76.3 Å². The molecule has 0 heterocycles. The molecule has 0 amide bonds. The Bertz CT molecular complexity index is 110. The lowest BCUT2D eigenvalue weighted by Gasteiger charge is -2.26. The number of rotatable bonds is 6. The molecule has 2 heteroatoms. The van der Waals surface area contributed by atoms with E-state index >= 15 is 0 Å². The molecule has 0 aliphatic carbocycles. The molecule has 74 valence electrons. The molecule has 0 rings (SSSR count). The van der Waals surface area contributed by atoms with Gasteiger partial charge in [-0.1, -0.05) is 13.8 Å². The maximum Gasteiger partial charge on any atom is 0.0552 e. The van der Waals surface area contributed by atoms with Gasteiger partial charge in [-0.3, -0.25) is 0 Å². The highest BCUT2D eigenvalue weighted by Gasteiger charge is 2.20. The fourth-order valence-corrected chi connectivity index (χ4v) is 1.57. The Morgan fingerprint density at radius 2 is 1.92 bits per heavy atom. The van der Waals surface area contributed by atoms with Gasteiger partial charge in [-0.05, 0) is 25.7 Å². The van der Waals surface area contributed by atoms with Gasteiger partial charge in [-0.25, -0.2) is 0 Å². The molecule has 0 bridgehead atoms. The largest absolute Gasteiger partial charge is 0.384 e. The molecule has 0 fully saturated rings.